The number of rotatable bonds is 54. The Morgan fingerprint density at radius 2 is 1.10 bits per heavy atom. The van der Waals surface area contributed by atoms with E-state index < -0.39 is 167 Å². The average molecular weight is 1770 g/mol. The Kier molecular flexibility index (Phi) is 38.9. The van der Waals surface area contributed by atoms with E-state index in [9.17, 15) is 62.3 Å². The SMILES string of the molecule is COc1cc(C2c3cc4c(cc3[C@H](OC(=O)CCN3C(=O)CC(SC[C@H](N)C(=O)NCCC(=O)N[C@H](CCCNC(=N)N)C(=O)N[C@H](CCCNC(=N)N)C(=O)N[C@H](CCSC)C(=O)N[C@H](CCCCN)C(=O)N[C@H](Cc5c[nH]c6ccccc56)C(=O)N[C@H](CCCCN)C(=O)N[C@H](CCCCN)C(N)=O)C3=O)[C@H]3COC(=O)[C@H]23)OCO4)cc(OC)c1OC. The second-order valence-corrected chi connectivity index (χ2v) is 32.6. The molecule has 2 saturated heterocycles. The zero-order chi connectivity index (χ0) is 90.1. The molecule has 27 N–H and O–H groups in total. The molecule has 4 heterocycles. The number of primary amides is 1. The molecular weight excluding hydrogens is 1650 g/mol. The van der Waals surface area contributed by atoms with Gasteiger partial charge in [0.1, 0.15) is 48.4 Å². The monoisotopic (exact) mass is 1770 g/mol. The number of fused-ring (bicyclic) bond motifs is 4. The lowest BCUT2D eigenvalue weighted by molar-refractivity contribution is -0.155. The summed E-state index contributed by atoms with van der Waals surface area (Å²) in [6.07, 6.45) is 4.18. The van der Waals surface area contributed by atoms with E-state index in [0.29, 0.717) is 102 Å². The summed E-state index contributed by atoms with van der Waals surface area (Å²) < 4.78 is 40.2. The number of nitrogens with zero attached hydrogens (tertiary/aromatic N) is 1. The molecule has 3 aliphatic heterocycles. The highest BCUT2D eigenvalue weighted by Crippen LogP contribution is 2.57. The molecule has 41 nitrogen and oxygen atoms in total. The van der Waals surface area contributed by atoms with Crippen LogP contribution in [0.5, 0.6) is 28.7 Å². The number of nitrogens with two attached hydrogens (primary N) is 7. The van der Waals surface area contributed by atoms with Gasteiger partial charge in [0.2, 0.25) is 77.5 Å². The summed E-state index contributed by atoms with van der Waals surface area (Å²) in [6, 6.07) is 3.70. The highest BCUT2D eigenvalue weighted by atomic mass is 32.2. The predicted octanol–water partition coefficient (Wildman–Crippen LogP) is -1.69. The highest BCUT2D eigenvalue weighted by Gasteiger charge is 2.55. The van der Waals surface area contributed by atoms with Crippen LogP contribution in [0.2, 0.25) is 0 Å². The van der Waals surface area contributed by atoms with Crippen molar-refractivity contribution >= 4 is 123 Å². The number of guanidine groups is 2. The van der Waals surface area contributed by atoms with Gasteiger partial charge in [0, 0.05) is 85.7 Å². The van der Waals surface area contributed by atoms with Crippen LogP contribution in [0, 0.1) is 22.7 Å². The average Bonchev–Trinajstić information content (AvgIpc) is 1.46. The zero-order valence-electron chi connectivity index (χ0n) is 70.2. The van der Waals surface area contributed by atoms with E-state index in [4.69, 9.17) is 84.1 Å². The van der Waals surface area contributed by atoms with Gasteiger partial charge in [0.25, 0.3) is 0 Å². The Hall–Kier alpha value is -11.4. The van der Waals surface area contributed by atoms with Crippen LogP contribution < -0.4 is 117 Å². The van der Waals surface area contributed by atoms with Crippen LogP contribution in [0.1, 0.15) is 143 Å². The molecule has 0 spiro atoms. The largest absolute Gasteiger partial charge is 0.493 e. The number of thioether (sulfide) groups is 2. The molecule has 43 heteroatoms. The molecule has 124 heavy (non-hydrogen) atoms. The van der Waals surface area contributed by atoms with Crippen LogP contribution in [0.4, 0.5) is 0 Å². The molecule has 680 valence electrons. The van der Waals surface area contributed by atoms with E-state index in [-0.39, 0.29) is 135 Å². The Labute approximate surface area is 726 Å². The topological polar surface area (TPSA) is 656 Å². The number of cyclic esters (lactones) is 1. The number of amides is 11. The number of methoxy groups -OCH3 is 3. The van der Waals surface area contributed by atoms with Crippen LogP contribution in [-0.2, 0) is 78.2 Å². The van der Waals surface area contributed by atoms with Gasteiger partial charge in [0.05, 0.1) is 51.6 Å². The minimum Gasteiger partial charge on any atom is -0.493 e. The fourth-order valence-electron chi connectivity index (χ4n) is 15.1. The van der Waals surface area contributed by atoms with E-state index in [1.54, 1.807) is 42.8 Å². The number of nitrogens with one attached hydrogen (secondary N) is 13. The molecule has 0 bridgehead atoms. The summed E-state index contributed by atoms with van der Waals surface area (Å²) in [5.74, 6) is -10.7. The zero-order valence-corrected chi connectivity index (χ0v) is 71.8. The van der Waals surface area contributed by atoms with Crippen molar-refractivity contribution in [2.75, 3.05) is 98.3 Å². The number of unbranched alkanes of at least 4 members (excludes halogenated alkanes) is 3. The van der Waals surface area contributed by atoms with Crippen LogP contribution in [0.3, 0.4) is 0 Å². The van der Waals surface area contributed by atoms with E-state index in [1.807, 2.05) is 18.2 Å². The van der Waals surface area contributed by atoms with Gasteiger partial charge in [-0.25, -0.2) is 0 Å². The lowest BCUT2D eigenvalue weighted by Gasteiger charge is -2.38. The number of carbonyl (C=O) groups excluding carboxylic acids is 13. The predicted molar refractivity (Wildman–Crippen MR) is 460 cm³/mol. The van der Waals surface area contributed by atoms with Gasteiger partial charge in [-0.05, 0) is 169 Å². The van der Waals surface area contributed by atoms with E-state index in [2.05, 4.69) is 58.2 Å². The van der Waals surface area contributed by atoms with Crippen LogP contribution in [0.15, 0.2) is 54.7 Å². The minimum atomic E-state index is -1.43. The van der Waals surface area contributed by atoms with Gasteiger partial charge in [-0.15, -0.1) is 11.8 Å². The van der Waals surface area contributed by atoms with E-state index in [1.165, 1.54) is 33.1 Å². The molecule has 4 aromatic rings. The van der Waals surface area contributed by atoms with Crippen molar-refractivity contribution in [3.63, 3.8) is 0 Å². The summed E-state index contributed by atoms with van der Waals surface area (Å²) >= 11 is 2.29. The third-order valence-electron chi connectivity index (χ3n) is 21.6. The standard InChI is InChI=1S/C81H119N21O20S2/c1-116-60-34-43(35-61(117-2)69(60)118-3)66-46-36-58-59(121-42-120-58)37-47(46)68(48-40-119-79(115)67(48)66)122-65(105)23-31-102-64(104)38-62(78(102)114)124-41-49(85)71(107)91-30-22-63(103)95-52(20-13-28-92-80(87)88)72(108)98-55(21-14-29-93-81(89)90)74(110)100-56(24-32-123-4)76(112)97-54(19-9-12-27-84)75(111)101-57(33-44-39-94-50-16-6-5-15-45(44)50)77(113)99-53(18-8-11-26-83)73(109)96-51(70(86)106)17-7-10-25-82/h5-6,15-16,34-37,39,48-49,51-57,62,66-68,94H,7-14,17-33,38,40-42,82-85H2,1-4H3,(H2,86,106)(H,91,107)(H,95,103)(H,96,109)(H,97,112)(H,98,108)(H,99,113)(H,100,110)(H,101,111)(H4,87,88,92)(H4,89,90,93)/t48-,49-,51+,52+,53+,54+,55+,56+,57+,62?,66?,67-,68-/m0/s1. The number of H-pyrrole nitrogens is 1. The first-order valence-electron chi connectivity index (χ1n) is 41.4. The molecule has 0 saturated carbocycles. The molecular formula is C81H119N21O20S2. The molecule has 0 radical (unpaired) electrons. The summed E-state index contributed by atoms with van der Waals surface area (Å²) in [4.78, 5) is 187. The Morgan fingerprint density at radius 1 is 0.589 bits per heavy atom. The molecule has 4 aliphatic rings. The first kappa shape index (κ1) is 98.0. The number of imide groups is 1. The van der Waals surface area contributed by atoms with Gasteiger partial charge >= 0.3 is 11.9 Å². The number of carbonyl (C=O) groups is 13. The number of hydrogen-bond donors (Lipinski definition) is 20. The third kappa shape index (κ3) is 27.8. The second-order valence-electron chi connectivity index (χ2n) is 30.4. The first-order chi connectivity index (χ1) is 59.6. The van der Waals surface area contributed by atoms with Gasteiger partial charge < -0.3 is 131 Å². The highest BCUT2D eigenvalue weighted by molar-refractivity contribution is 8.00. The maximum atomic E-state index is 14.9. The molecule has 11 amide bonds. The van der Waals surface area contributed by atoms with Gasteiger partial charge in [-0.2, -0.15) is 11.8 Å². The number of aromatic nitrogens is 1. The lowest BCUT2D eigenvalue weighted by Crippen LogP contribution is -2.60. The summed E-state index contributed by atoms with van der Waals surface area (Å²) in [5, 5.41) is 42.2. The molecule has 1 aromatic heterocycles. The molecule has 8 rings (SSSR count). The van der Waals surface area contributed by atoms with Crippen LogP contribution in [0.25, 0.3) is 10.9 Å². The maximum Gasteiger partial charge on any atom is 0.310 e. The summed E-state index contributed by atoms with van der Waals surface area (Å²) in [7, 11) is 4.40. The number of esters is 2. The fourth-order valence-corrected chi connectivity index (χ4v) is 16.7. The van der Waals surface area contributed by atoms with E-state index >= 15 is 0 Å². The van der Waals surface area contributed by atoms with E-state index in [0.717, 1.165) is 27.6 Å². The molecule has 13 atom stereocenters. The van der Waals surface area contributed by atoms with Crippen molar-refractivity contribution in [3.8, 4) is 28.7 Å². The number of likely N-dealkylation sites (tertiary alicyclic amines) is 1. The molecule has 1 aliphatic carbocycles. The van der Waals surface area contributed by atoms with Crippen molar-refractivity contribution in [3.05, 3.63) is 77.0 Å². The van der Waals surface area contributed by atoms with Gasteiger partial charge in [-0.1, -0.05) is 18.2 Å². The normalized spacial score (nSPS) is 18.0. The quantitative estimate of drug-likeness (QED) is 0.00771. The van der Waals surface area contributed by atoms with Crippen molar-refractivity contribution in [2.24, 2.45) is 52.0 Å². The number of aromatic amines is 1. The first-order valence-corrected chi connectivity index (χ1v) is 43.8. The summed E-state index contributed by atoms with van der Waals surface area (Å²) in [6.45, 7) is 0.140. The number of para-hydroxylation sites is 1. The summed E-state index contributed by atoms with van der Waals surface area (Å²) in [5.41, 5.74) is 43.6. The van der Waals surface area contributed by atoms with Gasteiger partial charge in [-0.3, -0.25) is 78.0 Å². The molecule has 2 unspecified atom stereocenters. The smallest absolute Gasteiger partial charge is 0.310 e. The Balaban J connectivity index is 0.885. The van der Waals surface area contributed by atoms with Crippen LogP contribution in [-0.4, -0.2) is 251 Å². The number of ether oxygens (including phenoxy) is 7. The van der Waals surface area contributed by atoms with Crippen LogP contribution >= 0.6 is 23.5 Å². The number of benzene rings is 3. The van der Waals surface area contributed by atoms with Crippen molar-refractivity contribution < 1.29 is 95.5 Å². The van der Waals surface area contributed by atoms with Crippen molar-refractivity contribution in [1.82, 2.24) is 63.1 Å². The lowest BCUT2D eigenvalue weighted by atomic mass is 9.66. The Morgan fingerprint density at radius 3 is 1.63 bits per heavy atom. The van der Waals surface area contributed by atoms with Crippen molar-refractivity contribution in [2.45, 2.75) is 181 Å². The van der Waals surface area contributed by atoms with Crippen molar-refractivity contribution in [1.29, 1.82) is 10.8 Å². The number of hydrogen-bond acceptors (Lipinski definition) is 28. The Bertz CT molecular complexity index is 4400. The minimum absolute atomic E-state index is 0.00209. The third-order valence-corrected chi connectivity index (χ3v) is 23.6. The second kappa shape index (κ2) is 49.2. The molecule has 3 aromatic carbocycles. The van der Waals surface area contributed by atoms with Gasteiger partial charge in [0.15, 0.2) is 34.9 Å². The molecule has 2 fully saturated rings. The fraction of sp³-hybridized carbons (Fsp3) is 0.568. The maximum absolute atomic E-state index is 14.9.